The summed E-state index contributed by atoms with van der Waals surface area (Å²) in [5, 5.41) is 16.4. The van der Waals surface area contributed by atoms with E-state index in [-0.39, 0.29) is 18.9 Å². The summed E-state index contributed by atoms with van der Waals surface area (Å²) in [6.07, 6.45) is 0.555. The lowest BCUT2D eigenvalue weighted by Crippen LogP contribution is -2.46. The lowest BCUT2D eigenvalue weighted by atomic mass is 10.1. The fraction of sp³-hybridized carbons (Fsp3) is 0.400. The van der Waals surface area contributed by atoms with Crippen LogP contribution in [0.25, 0.3) is 11.4 Å². The largest absolute Gasteiger partial charge is 0.394 e. The standard InChI is InChI=1S/C15H18ClN3O3/c1-15(2,9-20)18-12(21)7-8-13-17-14(19-22-13)10-3-5-11(16)6-4-10/h3-6,20H,7-9H2,1-2H3,(H,18,21). The van der Waals surface area contributed by atoms with Crippen LogP contribution in [0.5, 0.6) is 0 Å². The van der Waals surface area contributed by atoms with Crippen LogP contribution in [0.1, 0.15) is 26.2 Å². The first-order chi connectivity index (χ1) is 10.4. The van der Waals surface area contributed by atoms with Crippen molar-refractivity contribution in [2.24, 2.45) is 0 Å². The number of nitrogens with one attached hydrogen (secondary N) is 1. The zero-order valence-electron chi connectivity index (χ0n) is 12.5. The Morgan fingerprint density at radius 1 is 1.36 bits per heavy atom. The molecule has 2 rings (SSSR count). The van der Waals surface area contributed by atoms with Crippen LogP contribution in [0.3, 0.4) is 0 Å². The lowest BCUT2D eigenvalue weighted by Gasteiger charge is -2.23. The van der Waals surface area contributed by atoms with Gasteiger partial charge in [-0.3, -0.25) is 4.79 Å². The van der Waals surface area contributed by atoms with Gasteiger partial charge in [0, 0.05) is 23.4 Å². The molecule has 118 valence electrons. The van der Waals surface area contributed by atoms with Gasteiger partial charge in [0.2, 0.25) is 17.6 Å². The molecule has 0 aliphatic carbocycles. The predicted octanol–water partition coefficient (Wildman–Crippen LogP) is 2.21. The van der Waals surface area contributed by atoms with Crippen LogP contribution in [0.4, 0.5) is 0 Å². The van der Waals surface area contributed by atoms with Crippen molar-refractivity contribution in [3.8, 4) is 11.4 Å². The predicted molar refractivity (Wildman–Crippen MR) is 82.4 cm³/mol. The number of rotatable bonds is 6. The summed E-state index contributed by atoms with van der Waals surface area (Å²) in [4.78, 5) is 16.0. The van der Waals surface area contributed by atoms with Crippen molar-refractivity contribution in [3.63, 3.8) is 0 Å². The Bertz CT molecular complexity index is 638. The molecule has 1 aromatic heterocycles. The Balaban J connectivity index is 1.92. The van der Waals surface area contributed by atoms with Crippen LogP contribution in [0.2, 0.25) is 5.02 Å². The average Bonchev–Trinajstić information content (AvgIpc) is 2.94. The van der Waals surface area contributed by atoms with Crippen LogP contribution in [-0.4, -0.2) is 33.3 Å². The number of hydrogen-bond donors (Lipinski definition) is 2. The van der Waals surface area contributed by atoms with Gasteiger partial charge in [-0.2, -0.15) is 4.98 Å². The van der Waals surface area contributed by atoms with E-state index in [2.05, 4.69) is 15.5 Å². The molecule has 1 heterocycles. The van der Waals surface area contributed by atoms with E-state index >= 15 is 0 Å². The van der Waals surface area contributed by atoms with Crippen molar-refractivity contribution >= 4 is 17.5 Å². The highest BCUT2D eigenvalue weighted by molar-refractivity contribution is 6.30. The number of aromatic nitrogens is 2. The molecule has 2 N–H and O–H groups in total. The van der Waals surface area contributed by atoms with Gasteiger partial charge in [0.1, 0.15) is 0 Å². The Labute approximate surface area is 133 Å². The highest BCUT2D eigenvalue weighted by atomic mass is 35.5. The molecule has 0 radical (unpaired) electrons. The van der Waals surface area contributed by atoms with Crippen molar-refractivity contribution in [2.45, 2.75) is 32.2 Å². The molecular formula is C15H18ClN3O3. The molecule has 0 saturated heterocycles. The smallest absolute Gasteiger partial charge is 0.227 e. The van der Waals surface area contributed by atoms with Crippen molar-refractivity contribution in [1.82, 2.24) is 15.5 Å². The van der Waals surface area contributed by atoms with Gasteiger partial charge in [0.15, 0.2) is 0 Å². The number of benzene rings is 1. The molecule has 0 aliphatic rings. The average molecular weight is 324 g/mol. The third kappa shape index (κ3) is 4.54. The molecule has 0 aliphatic heterocycles. The molecule has 7 heteroatoms. The summed E-state index contributed by atoms with van der Waals surface area (Å²) in [6.45, 7) is 3.37. The van der Waals surface area contributed by atoms with Gasteiger partial charge in [-0.25, -0.2) is 0 Å². The molecule has 0 bridgehead atoms. The highest BCUT2D eigenvalue weighted by Crippen LogP contribution is 2.19. The Hall–Kier alpha value is -1.92. The van der Waals surface area contributed by atoms with E-state index in [1.807, 2.05) is 0 Å². The second-order valence-electron chi connectivity index (χ2n) is 5.61. The Kier molecular flexibility index (Phi) is 5.15. The van der Waals surface area contributed by atoms with E-state index in [4.69, 9.17) is 21.2 Å². The zero-order valence-corrected chi connectivity index (χ0v) is 13.2. The van der Waals surface area contributed by atoms with Gasteiger partial charge in [0.05, 0.1) is 12.1 Å². The van der Waals surface area contributed by atoms with Crippen LogP contribution in [-0.2, 0) is 11.2 Å². The van der Waals surface area contributed by atoms with E-state index < -0.39 is 5.54 Å². The van der Waals surface area contributed by atoms with Gasteiger partial charge >= 0.3 is 0 Å². The number of carbonyl (C=O) groups is 1. The van der Waals surface area contributed by atoms with E-state index in [9.17, 15) is 4.79 Å². The number of nitrogens with zero attached hydrogens (tertiary/aromatic N) is 2. The summed E-state index contributed by atoms with van der Waals surface area (Å²) in [5.74, 6) is 0.676. The number of amides is 1. The lowest BCUT2D eigenvalue weighted by molar-refractivity contribution is -0.123. The van der Waals surface area contributed by atoms with Crippen molar-refractivity contribution in [1.29, 1.82) is 0 Å². The van der Waals surface area contributed by atoms with Crippen LogP contribution >= 0.6 is 11.6 Å². The Morgan fingerprint density at radius 2 is 2.05 bits per heavy atom. The first-order valence-corrected chi connectivity index (χ1v) is 7.28. The first kappa shape index (κ1) is 16.5. The number of halogens is 1. The van der Waals surface area contributed by atoms with Gasteiger partial charge in [-0.1, -0.05) is 16.8 Å². The third-order valence-electron chi connectivity index (χ3n) is 3.01. The van der Waals surface area contributed by atoms with Gasteiger partial charge < -0.3 is 14.9 Å². The second kappa shape index (κ2) is 6.89. The van der Waals surface area contributed by atoms with E-state index in [1.54, 1.807) is 38.1 Å². The second-order valence-corrected chi connectivity index (χ2v) is 6.05. The third-order valence-corrected chi connectivity index (χ3v) is 3.26. The minimum Gasteiger partial charge on any atom is -0.394 e. The first-order valence-electron chi connectivity index (χ1n) is 6.90. The SMILES string of the molecule is CC(C)(CO)NC(=O)CCc1nc(-c2ccc(Cl)cc2)no1. The number of aryl methyl sites for hydroxylation is 1. The molecular weight excluding hydrogens is 306 g/mol. The van der Waals surface area contributed by atoms with E-state index in [0.717, 1.165) is 5.56 Å². The number of hydrogen-bond acceptors (Lipinski definition) is 5. The minimum absolute atomic E-state index is 0.125. The van der Waals surface area contributed by atoms with E-state index in [0.29, 0.717) is 23.2 Å². The van der Waals surface area contributed by atoms with Crippen molar-refractivity contribution in [2.75, 3.05) is 6.61 Å². The molecule has 0 atom stereocenters. The van der Waals surface area contributed by atoms with Crippen molar-refractivity contribution < 1.29 is 14.4 Å². The van der Waals surface area contributed by atoms with Crippen LogP contribution in [0.15, 0.2) is 28.8 Å². The summed E-state index contributed by atoms with van der Waals surface area (Å²) in [6, 6.07) is 7.09. The molecule has 6 nitrogen and oxygen atoms in total. The molecule has 2 aromatic rings. The molecule has 1 amide bonds. The topological polar surface area (TPSA) is 88.2 Å². The summed E-state index contributed by atoms with van der Waals surface area (Å²) < 4.78 is 5.13. The normalized spacial score (nSPS) is 11.5. The van der Waals surface area contributed by atoms with E-state index in [1.165, 1.54) is 0 Å². The molecule has 0 spiro atoms. The molecule has 0 unspecified atom stereocenters. The van der Waals surface area contributed by atoms with Gasteiger partial charge in [-0.05, 0) is 38.1 Å². The minimum atomic E-state index is -0.638. The van der Waals surface area contributed by atoms with Crippen LogP contribution < -0.4 is 5.32 Å². The van der Waals surface area contributed by atoms with Gasteiger partial charge in [0.25, 0.3) is 0 Å². The molecule has 0 saturated carbocycles. The quantitative estimate of drug-likeness (QED) is 0.851. The number of carbonyl (C=O) groups excluding carboxylic acids is 1. The maximum absolute atomic E-state index is 11.8. The fourth-order valence-corrected chi connectivity index (χ4v) is 1.90. The zero-order chi connectivity index (χ0) is 16.2. The monoisotopic (exact) mass is 323 g/mol. The molecule has 0 fully saturated rings. The van der Waals surface area contributed by atoms with Crippen molar-refractivity contribution in [3.05, 3.63) is 35.2 Å². The number of aliphatic hydroxyl groups is 1. The maximum Gasteiger partial charge on any atom is 0.227 e. The number of aliphatic hydroxyl groups excluding tert-OH is 1. The molecule has 22 heavy (non-hydrogen) atoms. The summed E-state index contributed by atoms with van der Waals surface area (Å²) >= 11 is 5.83. The Morgan fingerprint density at radius 3 is 2.68 bits per heavy atom. The highest BCUT2D eigenvalue weighted by Gasteiger charge is 2.19. The van der Waals surface area contributed by atoms with Gasteiger partial charge in [-0.15, -0.1) is 0 Å². The fourth-order valence-electron chi connectivity index (χ4n) is 1.77. The summed E-state index contributed by atoms with van der Waals surface area (Å²) in [5.41, 5.74) is 0.158. The maximum atomic E-state index is 11.8. The molecule has 1 aromatic carbocycles. The van der Waals surface area contributed by atoms with Crippen LogP contribution in [0, 0.1) is 0 Å². The summed E-state index contributed by atoms with van der Waals surface area (Å²) in [7, 11) is 0.